The highest BCUT2D eigenvalue weighted by Gasteiger charge is 2.33. The van der Waals surface area contributed by atoms with Gasteiger partial charge in [-0.1, -0.05) is 18.6 Å². The molecule has 2 heterocycles. The number of carbonyl (C=O) groups is 1. The second-order valence-electron chi connectivity index (χ2n) is 9.42. The van der Waals surface area contributed by atoms with Crippen LogP contribution >= 0.6 is 0 Å². The summed E-state index contributed by atoms with van der Waals surface area (Å²) < 4.78 is 7.48. The summed E-state index contributed by atoms with van der Waals surface area (Å²) in [6, 6.07) is 12.0. The third-order valence-electron chi connectivity index (χ3n) is 7.24. The van der Waals surface area contributed by atoms with E-state index in [0.717, 1.165) is 42.4 Å². The summed E-state index contributed by atoms with van der Waals surface area (Å²) in [7, 11) is 1.61. The molecule has 3 unspecified atom stereocenters. The molecule has 3 N–H and O–H groups in total. The molecule has 7 heteroatoms. The van der Waals surface area contributed by atoms with Gasteiger partial charge in [0.15, 0.2) is 0 Å². The molecule has 2 aromatic carbocycles. The zero-order chi connectivity index (χ0) is 23.1. The standard InChI is InChI=1S/C26H31N3O4/c1-15-9-10-20-21(27-15)11-12-22-23(20)28-25(24(30)16-5-4-8-19(14-16)33-2)29(22)18-7-3-6-17(13-18)26(31)32/h4-5,8,11-12,14-15,17-18,24,27,30H,3,6-7,9-10,13H2,1-2H3,(H,31,32)/t15-,17?,18?,24?/m0/s1. The number of hydrogen-bond donors (Lipinski definition) is 3. The van der Waals surface area contributed by atoms with Gasteiger partial charge in [-0.3, -0.25) is 4.79 Å². The minimum atomic E-state index is -0.941. The van der Waals surface area contributed by atoms with E-state index in [0.29, 0.717) is 36.0 Å². The number of aromatic nitrogens is 2. The second kappa shape index (κ2) is 8.71. The van der Waals surface area contributed by atoms with Gasteiger partial charge in [0, 0.05) is 23.3 Å². The van der Waals surface area contributed by atoms with E-state index in [1.54, 1.807) is 7.11 Å². The van der Waals surface area contributed by atoms with Crippen LogP contribution in [-0.2, 0) is 11.2 Å². The summed E-state index contributed by atoms with van der Waals surface area (Å²) in [4.78, 5) is 16.8. The molecule has 33 heavy (non-hydrogen) atoms. The zero-order valence-electron chi connectivity index (χ0n) is 19.1. The van der Waals surface area contributed by atoms with Crippen LogP contribution in [0.3, 0.4) is 0 Å². The topological polar surface area (TPSA) is 96.6 Å². The largest absolute Gasteiger partial charge is 0.497 e. The van der Waals surface area contributed by atoms with E-state index < -0.39 is 12.1 Å². The summed E-state index contributed by atoms with van der Waals surface area (Å²) in [5.74, 6) is 0.132. The van der Waals surface area contributed by atoms with Gasteiger partial charge in [-0.2, -0.15) is 0 Å². The number of methoxy groups -OCH3 is 1. The maximum Gasteiger partial charge on any atom is 0.306 e. The summed E-state index contributed by atoms with van der Waals surface area (Å²) in [6.45, 7) is 2.18. The number of benzene rings is 2. The molecule has 0 radical (unpaired) electrons. The highest BCUT2D eigenvalue weighted by molar-refractivity contribution is 5.86. The van der Waals surface area contributed by atoms with E-state index in [4.69, 9.17) is 9.72 Å². The van der Waals surface area contributed by atoms with Crippen LogP contribution < -0.4 is 10.1 Å². The minimum absolute atomic E-state index is 0.0198. The molecule has 7 nitrogen and oxygen atoms in total. The van der Waals surface area contributed by atoms with Crippen molar-refractivity contribution in [3.8, 4) is 5.75 Å². The van der Waals surface area contributed by atoms with E-state index >= 15 is 0 Å². The predicted molar refractivity (Wildman–Crippen MR) is 127 cm³/mol. The Hall–Kier alpha value is -3.06. The fraction of sp³-hybridized carbons (Fsp3) is 0.462. The number of aliphatic carboxylic acids is 1. The normalized spacial score (nSPS) is 23.5. The fourth-order valence-corrected chi connectivity index (χ4v) is 5.48. The van der Waals surface area contributed by atoms with Gasteiger partial charge in [0.2, 0.25) is 0 Å². The molecular weight excluding hydrogens is 418 g/mol. The van der Waals surface area contributed by atoms with Crippen LogP contribution in [0, 0.1) is 5.92 Å². The maximum absolute atomic E-state index is 11.8. The van der Waals surface area contributed by atoms with Gasteiger partial charge in [0.1, 0.15) is 17.7 Å². The minimum Gasteiger partial charge on any atom is -0.497 e. The first-order valence-electron chi connectivity index (χ1n) is 11.8. The Morgan fingerprint density at radius 3 is 2.88 bits per heavy atom. The second-order valence-corrected chi connectivity index (χ2v) is 9.42. The molecular formula is C26H31N3O4. The first kappa shape index (κ1) is 21.8. The third kappa shape index (κ3) is 3.95. The number of carboxylic acid groups (broad SMARTS) is 1. The number of rotatable bonds is 5. The quantitative estimate of drug-likeness (QED) is 0.523. The molecule has 0 amide bonds. The van der Waals surface area contributed by atoms with Crippen LogP contribution in [0.1, 0.15) is 68.1 Å². The van der Waals surface area contributed by atoms with Crippen molar-refractivity contribution in [3.05, 3.63) is 53.3 Å². The number of nitrogens with zero attached hydrogens (tertiary/aromatic N) is 2. The molecule has 0 bridgehead atoms. The Labute approximate surface area is 193 Å². The molecule has 1 aromatic heterocycles. The number of fused-ring (bicyclic) bond motifs is 3. The number of aliphatic hydroxyl groups is 1. The van der Waals surface area contributed by atoms with E-state index in [2.05, 4.69) is 28.9 Å². The first-order chi connectivity index (χ1) is 16.0. The van der Waals surface area contributed by atoms with E-state index in [-0.39, 0.29) is 12.0 Å². The van der Waals surface area contributed by atoms with Gasteiger partial charge in [-0.05, 0) is 68.9 Å². The lowest BCUT2D eigenvalue weighted by atomic mass is 9.85. The number of carboxylic acids is 1. The summed E-state index contributed by atoms with van der Waals surface area (Å²) >= 11 is 0. The summed E-state index contributed by atoms with van der Waals surface area (Å²) in [5, 5.41) is 24.7. The molecule has 1 saturated carbocycles. The average molecular weight is 450 g/mol. The van der Waals surface area contributed by atoms with Crippen molar-refractivity contribution in [2.75, 3.05) is 12.4 Å². The molecule has 3 aromatic rings. The number of hydrogen-bond acceptors (Lipinski definition) is 5. The predicted octanol–water partition coefficient (Wildman–Crippen LogP) is 4.69. The Morgan fingerprint density at radius 2 is 2.09 bits per heavy atom. The molecule has 0 saturated heterocycles. The monoisotopic (exact) mass is 449 g/mol. The number of imidazole rings is 1. The molecule has 1 aliphatic carbocycles. The fourth-order valence-electron chi connectivity index (χ4n) is 5.48. The van der Waals surface area contributed by atoms with Crippen LogP contribution in [0.15, 0.2) is 36.4 Å². The van der Waals surface area contributed by atoms with Gasteiger partial charge < -0.3 is 24.8 Å². The number of anilines is 1. The van der Waals surface area contributed by atoms with E-state index in [1.165, 1.54) is 5.56 Å². The molecule has 2 aliphatic rings. The average Bonchev–Trinajstić information content (AvgIpc) is 3.23. The lowest BCUT2D eigenvalue weighted by Gasteiger charge is -2.30. The SMILES string of the molecule is COc1cccc(C(O)c2nc3c4c(ccc3n2C2CCCC(C(=O)O)C2)N[C@@H](C)CC4)c1. The number of nitrogens with one attached hydrogen (secondary N) is 1. The van der Waals surface area contributed by atoms with Crippen molar-refractivity contribution in [1.29, 1.82) is 0 Å². The van der Waals surface area contributed by atoms with Crippen LogP contribution in [0.4, 0.5) is 5.69 Å². The summed E-state index contributed by atoms with van der Waals surface area (Å²) in [6.07, 6.45) is 3.98. The van der Waals surface area contributed by atoms with Crippen LogP contribution in [0.25, 0.3) is 11.0 Å². The zero-order valence-corrected chi connectivity index (χ0v) is 19.1. The Morgan fingerprint density at radius 1 is 1.24 bits per heavy atom. The van der Waals surface area contributed by atoms with Crippen molar-refractivity contribution in [3.63, 3.8) is 0 Å². The number of ether oxygens (including phenoxy) is 1. The van der Waals surface area contributed by atoms with E-state index in [1.807, 2.05) is 24.3 Å². The lowest BCUT2D eigenvalue weighted by Crippen LogP contribution is -2.26. The van der Waals surface area contributed by atoms with Gasteiger partial charge in [-0.25, -0.2) is 4.98 Å². The van der Waals surface area contributed by atoms with Gasteiger partial charge >= 0.3 is 5.97 Å². The summed E-state index contributed by atoms with van der Waals surface area (Å²) in [5.41, 5.74) is 4.85. The van der Waals surface area contributed by atoms with Crippen LogP contribution in [0.2, 0.25) is 0 Å². The van der Waals surface area contributed by atoms with Gasteiger partial charge in [0.25, 0.3) is 0 Å². The van der Waals surface area contributed by atoms with Crippen LogP contribution in [-0.4, -0.2) is 38.9 Å². The highest BCUT2D eigenvalue weighted by Crippen LogP contribution is 2.41. The van der Waals surface area contributed by atoms with Crippen molar-refractivity contribution in [2.45, 2.75) is 63.6 Å². The Kier molecular flexibility index (Phi) is 5.74. The maximum atomic E-state index is 11.8. The van der Waals surface area contributed by atoms with Crippen molar-refractivity contribution < 1.29 is 19.7 Å². The smallest absolute Gasteiger partial charge is 0.306 e. The number of aliphatic hydroxyl groups excluding tert-OH is 1. The van der Waals surface area contributed by atoms with Crippen molar-refractivity contribution in [1.82, 2.24) is 9.55 Å². The molecule has 174 valence electrons. The molecule has 4 atom stereocenters. The lowest BCUT2D eigenvalue weighted by molar-refractivity contribution is -0.143. The molecule has 5 rings (SSSR count). The number of aryl methyl sites for hydroxylation is 1. The Bertz CT molecular complexity index is 1190. The highest BCUT2D eigenvalue weighted by atomic mass is 16.5. The van der Waals surface area contributed by atoms with Gasteiger partial charge in [-0.15, -0.1) is 0 Å². The molecule has 1 fully saturated rings. The Balaban J connectivity index is 1.66. The van der Waals surface area contributed by atoms with Crippen molar-refractivity contribution in [2.24, 2.45) is 5.92 Å². The molecule has 0 spiro atoms. The van der Waals surface area contributed by atoms with E-state index in [9.17, 15) is 15.0 Å². The van der Waals surface area contributed by atoms with Crippen LogP contribution in [0.5, 0.6) is 5.75 Å². The van der Waals surface area contributed by atoms with Gasteiger partial charge in [0.05, 0.1) is 24.1 Å². The van der Waals surface area contributed by atoms with Crippen molar-refractivity contribution >= 4 is 22.7 Å². The molecule has 1 aliphatic heterocycles. The first-order valence-corrected chi connectivity index (χ1v) is 11.8. The third-order valence-corrected chi connectivity index (χ3v) is 7.24.